The van der Waals surface area contributed by atoms with E-state index in [-0.39, 0.29) is 24.3 Å². The lowest BCUT2D eigenvalue weighted by atomic mass is 10.2. The number of carbonyl (C=O) groups excluding carboxylic acids is 2. The van der Waals surface area contributed by atoms with Gasteiger partial charge in [0, 0.05) is 10.6 Å². The molecule has 3 aromatic carbocycles. The number of nitrogens with zero attached hydrogens (tertiary/aromatic N) is 1. The van der Waals surface area contributed by atoms with E-state index in [1.165, 1.54) is 4.90 Å². The number of imide groups is 1. The van der Waals surface area contributed by atoms with Gasteiger partial charge < -0.3 is 14.2 Å². The fourth-order valence-corrected chi connectivity index (χ4v) is 4.89. The summed E-state index contributed by atoms with van der Waals surface area (Å²) in [5.74, 6) is 1.44. The Morgan fingerprint density at radius 3 is 2.46 bits per heavy atom. The van der Waals surface area contributed by atoms with Crippen molar-refractivity contribution in [3.63, 3.8) is 0 Å². The highest BCUT2D eigenvalue weighted by Crippen LogP contribution is 2.34. The number of ether oxygens (including phenoxy) is 3. The number of halogens is 2. The summed E-state index contributed by atoms with van der Waals surface area (Å²) in [6.07, 6.45) is 1.69. The molecule has 0 aliphatic carbocycles. The molecule has 35 heavy (non-hydrogen) atoms. The number of hydrogen-bond acceptors (Lipinski definition) is 6. The van der Waals surface area contributed by atoms with Crippen LogP contribution in [0.4, 0.5) is 4.79 Å². The van der Waals surface area contributed by atoms with Crippen molar-refractivity contribution in [2.24, 2.45) is 0 Å². The number of methoxy groups -OCH3 is 1. The van der Waals surface area contributed by atoms with Crippen LogP contribution in [0.1, 0.15) is 11.1 Å². The highest BCUT2D eigenvalue weighted by Gasteiger charge is 2.34. The summed E-state index contributed by atoms with van der Waals surface area (Å²) in [5, 5.41) is 0.313. The second-order valence-electron chi connectivity index (χ2n) is 7.40. The van der Waals surface area contributed by atoms with Crippen molar-refractivity contribution in [1.82, 2.24) is 4.90 Å². The van der Waals surface area contributed by atoms with E-state index >= 15 is 0 Å². The first kappa shape index (κ1) is 25.2. The number of thioether (sulfide) groups is 1. The molecular weight excluding hydrogens is 554 g/mol. The second-order valence-corrected chi connectivity index (χ2v) is 9.66. The maximum Gasteiger partial charge on any atom is 0.293 e. The monoisotopic (exact) mass is 573 g/mol. The van der Waals surface area contributed by atoms with Gasteiger partial charge in [-0.1, -0.05) is 48.0 Å². The van der Waals surface area contributed by atoms with E-state index in [0.717, 1.165) is 27.4 Å². The highest BCUT2D eigenvalue weighted by atomic mass is 79.9. The van der Waals surface area contributed by atoms with Crippen molar-refractivity contribution in [3.8, 4) is 17.2 Å². The molecule has 0 spiro atoms. The molecule has 9 heteroatoms. The third-order valence-corrected chi connectivity index (χ3v) is 7.01. The van der Waals surface area contributed by atoms with Crippen LogP contribution in [0.25, 0.3) is 6.08 Å². The Morgan fingerprint density at radius 1 is 0.971 bits per heavy atom. The third kappa shape index (κ3) is 6.20. The van der Waals surface area contributed by atoms with E-state index in [1.807, 2.05) is 48.5 Å². The fraction of sp³-hybridized carbons (Fsp3) is 0.154. The Balaban J connectivity index is 1.37. The van der Waals surface area contributed by atoms with Gasteiger partial charge in [0.15, 0.2) is 11.5 Å². The molecule has 180 valence electrons. The number of para-hydroxylation sites is 2. The van der Waals surface area contributed by atoms with Crippen molar-refractivity contribution in [3.05, 3.63) is 92.3 Å². The summed E-state index contributed by atoms with van der Waals surface area (Å²) in [4.78, 5) is 26.8. The number of carbonyl (C=O) groups is 2. The standard InChI is InChI=1S/C26H21BrClNO5S/c1-32-22-8-4-5-9-23(22)33-13-12-29-25(30)24(35-26(29)31)15-17-10-11-21(19(27)14-17)34-16-18-6-2-3-7-20(18)28/h2-11,14-15H,12-13,16H2,1H3/b24-15-. The van der Waals surface area contributed by atoms with Crippen LogP contribution in [0, 0.1) is 0 Å². The van der Waals surface area contributed by atoms with Crippen LogP contribution in [0.5, 0.6) is 17.2 Å². The van der Waals surface area contributed by atoms with Gasteiger partial charge in [0.05, 0.1) is 23.0 Å². The van der Waals surface area contributed by atoms with Gasteiger partial charge in [0.25, 0.3) is 11.1 Å². The molecule has 0 unspecified atom stereocenters. The van der Waals surface area contributed by atoms with Gasteiger partial charge in [0.2, 0.25) is 0 Å². The summed E-state index contributed by atoms with van der Waals surface area (Å²) in [6.45, 7) is 0.626. The van der Waals surface area contributed by atoms with Crippen LogP contribution in [-0.2, 0) is 11.4 Å². The van der Waals surface area contributed by atoms with E-state index in [0.29, 0.717) is 33.8 Å². The lowest BCUT2D eigenvalue weighted by Crippen LogP contribution is -2.32. The number of rotatable bonds is 9. The average Bonchev–Trinajstić information content (AvgIpc) is 3.12. The molecule has 4 rings (SSSR count). The first-order valence-corrected chi connectivity index (χ1v) is 12.6. The van der Waals surface area contributed by atoms with Crippen LogP contribution in [-0.4, -0.2) is 36.3 Å². The Morgan fingerprint density at radius 2 is 1.71 bits per heavy atom. The number of benzene rings is 3. The molecule has 0 radical (unpaired) electrons. The summed E-state index contributed by atoms with van der Waals surface area (Å²) in [5.41, 5.74) is 1.64. The van der Waals surface area contributed by atoms with Gasteiger partial charge in [-0.2, -0.15) is 0 Å². The minimum absolute atomic E-state index is 0.137. The van der Waals surface area contributed by atoms with E-state index in [2.05, 4.69) is 15.9 Å². The average molecular weight is 575 g/mol. The van der Waals surface area contributed by atoms with Crippen LogP contribution < -0.4 is 14.2 Å². The van der Waals surface area contributed by atoms with Crippen molar-refractivity contribution in [1.29, 1.82) is 0 Å². The van der Waals surface area contributed by atoms with E-state index < -0.39 is 0 Å². The molecule has 1 aliphatic rings. The van der Waals surface area contributed by atoms with Crippen molar-refractivity contribution >= 4 is 56.5 Å². The van der Waals surface area contributed by atoms with Gasteiger partial charge in [0.1, 0.15) is 19.0 Å². The molecule has 1 heterocycles. The minimum atomic E-state index is -0.348. The predicted octanol–water partition coefficient (Wildman–Crippen LogP) is 6.81. The maximum atomic E-state index is 12.8. The molecule has 0 saturated carbocycles. The quantitative estimate of drug-likeness (QED) is 0.262. The topological polar surface area (TPSA) is 65.1 Å². The van der Waals surface area contributed by atoms with Crippen LogP contribution >= 0.6 is 39.3 Å². The van der Waals surface area contributed by atoms with Crippen LogP contribution in [0.15, 0.2) is 76.1 Å². The molecule has 0 bridgehead atoms. The van der Waals surface area contributed by atoms with E-state index in [4.69, 9.17) is 25.8 Å². The fourth-order valence-electron chi connectivity index (χ4n) is 3.32. The van der Waals surface area contributed by atoms with Gasteiger partial charge in [-0.25, -0.2) is 0 Å². The van der Waals surface area contributed by atoms with Crippen molar-refractivity contribution in [2.75, 3.05) is 20.3 Å². The zero-order valence-corrected chi connectivity index (χ0v) is 21.9. The molecule has 1 saturated heterocycles. The zero-order chi connectivity index (χ0) is 24.8. The van der Waals surface area contributed by atoms with Crippen LogP contribution in [0.2, 0.25) is 5.02 Å². The smallest absolute Gasteiger partial charge is 0.293 e. The zero-order valence-electron chi connectivity index (χ0n) is 18.7. The van der Waals surface area contributed by atoms with Crippen molar-refractivity contribution < 1.29 is 23.8 Å². The molecule has 6 nitrogen and oxygen atoms in total. The largest absolute Gasteiger partial charge is 0.493 e. The molecule has 0 atom stereocenters. The van der Waals surface area contributed by atoms with Gasteiger partial charge in [-0.3, -0.25) is 14.5 Å². The molecule has 0 N–H and O–H groups in total. The first-order valence-electron chi connectivity index (χ1n) is 10.6. The summed E-state index contributed by atoms with van der Waals surface area (Å²) in [6, 6.07) is 20.2. The third-order valence-electron chi connectivity index (χ3n) is 5.11. The van der Waals surface area contributed by atoms with E-state index in [9.17, 15) is 9.59 Å². The van der Waals surface area contributed by atoms with E-state index in [1.54, 1.807) is 31.4 Å². The highest BCUT2D eigenvalue weighted by molar-refractivity contribution is 9.10. The Labute approximate surface area is 220 Å². The molecule has 2 amide bonds. The first-order chi connectivity index (χ1) is 17.0. The van der Waals surface area contributed by atoms with Gasteiger partial charge in [-0.05, 0) is 69.7 Å². The molecule has 3 aromatic rings. The second kappa shape index (κ2) is 11.7. The lowest BCUT2D eigenvalue weighted by Gasteiger charge is -2.14. The Hall–Kier alpha value is -2.94. The molecule has 1 aliphatic heterocycles. The summed E-state index contributed by atoms with van der Waals surface area (Å²) < 4.78 is 17.5. The molecule has 1 fully saturated rings. The normalized spacial score (nSPS) is 14.5. The van der Waals surface area contributed by atoms with Gasteiger partial charge in [-0.15, -0.1) is 0 Å². The molecular formula is C26H21BrClNO5S. The number of amides is 2. The SMILES string of the molecule is COc1ccccc1OCCN1C(=O)S/C(=C\c2ccc(OCc3ccccc3Cl)c(Br)c2)C1=O. The summed E-state index contributed by atoms with van der Waals surface area (Å²) >= 11 is 10.6. The molecule has 0 aromatic heterocycles. The minimum Gasteiger partial charge on any atom is -0.493 e. The number of hydrogen-bond donors (Lipinski definition) is 0. The Bertz CT molecular complexity index is 1280. The summed E-state index contributed by atoms with van der Waals surface area (Å²) in [7, 11) is 1.55. The lowest BCUT2D eigenvalue weighted by molar-refractivity contribution is -0.123. The predicted molar refractivity (Wildman–Crippen MR) is 141 cm³/mol. The van der Waals surface area contributed by atoms with Gasteiger partial charge >= 0.3 is 0 Å². The van der Waals surface area contributed by atoms with Crippen LogP contribution in [0.3, 0.4) is 0 Å². The maximum absolute atomic E-state index is 12.8. The Kier molecular flexibility index (Phi) is 8.38. The van der Waals surface area contributed by atoms with Crippen molar-refractivity contribution in [2.45, 2.75) is 6.61 Å².